The Morgan fingerprint density at radius 1 is 1.53 bits per heavy atom. The maximum atomic E-state index is 11.3. The maximum absolute atomic E-state index is 11.3. The molecule has 1 aliphatic rings. The van der Waals surface area contributed by atoms with Gasteiger partial charge in [-0.15, -0.1) is 0 Å². The van der Waals surface area contributed by atoms with Crippen LogP contribution in [0.1, 0.15) is 5.56 Å². The molecule has 0 fully saturated rings. The van der Waals surface area contributed by atoms with E-state index in [-0.39, 0.29) is 18.5 Å². The number of amides is 3. The van der Waals surface area contributed by atoms with E-state index in [2.05, 4.69) is 10.6 Å². The second kappa shape index (κ2) is 5.60. The third kappa shape index (κ3) is 3.15. The summed E-state index contributed by atoms with van der Waals surface area (Å²) in [6, 6.07) is 5.54. The number of carbonyl (C=O) groups is 2. The Hall–Kier alpha value is -2.24. The third-order valence-electron chi connectivity index (χ3n) is 2.97. The molecule has 0 aliphatic carbocycles. The van der Waals surface area contributed by atoms with E-state index >= 15 is 0 Å². The number of carbonyl (C=O) groups excluding carboxylic acids is 2. The average Bonchev–Trinajstić information content (AvgIpc) is 2.43. The van der Waals surface area contributed by atoms with Gasteiger partial charge in [-0.1, -0.05) is 6.07 Å². The minimum absolute atomic E-state index is 0.0613. The Balaban J connectivity index is 2.00. The number of urea groups is 1. The number of anilines is 1. The second-order valence-electron chi connectivity index (χ2n) is 4.39. The summed E-state index contributed by atoms with van der Waals surface area (Å²) in [5.41, 5.74) is 1.73. The molecule has 0 spiro atoms. The summed E-state index contributed by atoms with van der Waals surface area (Å²) < 4.78 is 5.29. The van der Waals surface area contributed by atoms with E-state index in [0.29, 0.717) is 24.4 Å². The molecule has 1 heterocycles. The van der Waals surface area contributed by atoms with Crippen molar-refractivity contribution in [2.45, 2.75) is 6.42 Å². The maximum Gasteiger partial charge on any atom is 0.316 e. The van der Waals surface area contributed by atoms with E-state index in [1.165, 1.54) is 0 Å². The standard InChI is InChI=1S/C13H17N3O3/c1-14-13(18)16(2)6-5-9-3-4-11-10(7-9)15-12(17)8-19-11/h3-4,7H,5-6,8H2,1-2H3,(H,14,18)(H,15,17). The highest BCUT2D eigenvalue weighted by atomic mass is 16.5. The first-order chi connectivity index (χ1) is 9.10. The van der Waals surface area contributed by atoms with Crippen molar-refractivity contribution in [3.05, 3.63) is 23.8 Å². The summed E-state index contributed by atoms with van der Waals surface area (Å²) in [4.78, 5) is 24.2. The molecule has 0 bridgehead atoms. The summed E-state index contributed by atoms with van der Waals surface area (Å²) in [6.07, 6.45) is 0.715. The van der Waals surface area contributed by atoms with E-state index < -0.39 is 0 Å². The topological polar surface area (TPSA) is 70.7 Å². The van der Waals surface area contributed by atoms with Gasteiger partial charge >= 0.3 is 6.03 Å². The fourth-order valence-corrected chi connectivity index (χ4v) is 1.87. The Kier molecular flexibility index (Phi) is 3.89. The van der Waals surface area contributed by atoms with Crippen LogP contribution < -0.4 is 15.4 Å². The van der Waals surface area contributed by atoms with Crippen LogP contribution in [0.15, 0.2) is 18.2 Å². The summed E-state index contributed by atoms with van der Waals surface area (Å²) in [7, 11) is 3.34. The zero-order chi connectivity index (χ0) is 13.8. The van der Waals surface area contributed by atoms with Gasteiger partial charge in [0.1, 0.15) is 5.75 Å². The fraction of sp³-hybridized carbons (Fsp3) is 0.385. The number of hydrogen-bond donors (Lipinski definition) is 2. The van der Waals surface area contributed by atoms with Gasteiger partial charge in [-0.3, -0.25) is 4.79 Å². The lowest BCUT2D eigenvalue weighted by Crippen LogP contribution is -2.36. The third-order valence-corrected chi connectivity index (χ3v) is 2.97. The lowest BCUT2D eigenvalue weighted by Gasteiger charge is -2.20. The van der Waals surface area contributed by atoms with Crippen molar-refractivity contribution in [1.82, 2.24) is 10.2 Å². The quantitative estimate of drug-likeness (QED) is 0.848. The first kappa shape index (κ1) is 13.2. The number of benzene rings is 1. The number of fused-ring (bicyclic) bond motifs is 1. The zero-order valence-corrected chi connectivity index (χ0v) is 11.0. The summed E-state index contributed by atoms with van der Waals surface area (Å²) >= 11 is 0. The van der Waals surface area contributed by atoms with Gasteiger partial charge in [0.15, 0.2) is 6.61 Å². The van der Waals surface area contributed by atoms with Crippen LogP contribution in [-0.2, 0) is 11.2 Å². The molecule has 102 valence electrons. The molecule has 6 heteroatoms. The molecule has 2 rings (SSSR count). The molecule has 0 aromatic heterocycles. The normalized spacial score (nSPS) is 13.1. The molecule has 0 unspecified atom stereocenters. The first-order valence-electron chi connectivity index (χ1n) is 6.08. The molecule has 3 amide bonds. The summed E-state index contributed by atoms with van der Waals surface area (Å²) in [6.45, 7) is 0.666. The molecule has 0 radical (unpaired) electrons. The fourth-order valence-electron chi connectivity index (χ4n) is 1.87. The van der Waals surface area contributed by atoms with Gasteiger partial charge in [0.25, 0.3) is 5.91 Å². The number of likely N-dealkylation sites (N-methyl/N-ethyl adjacent to an activating group) is 1. The van der Waals surface area contributed by atoms with Crippen LogP contribution in [0.5, 0.6) is 5.75 Å². The smallest absolute Gasteiger partial charge is 0.316 e. The second-order valence-corrected chi connectivity index (χ2v) is 4.39. The van der Waals surface area contributed by atoms with Crippen molar-refractivity contribution in [3.8, 4) is 5.75 Å². The van der Waals surface area contributed by atoms with E-state index in [4.69, 9.17) is 4.74 Å². The lowest BCUT2D eigenvalue weighted by molar-refractivity contribution is -0.118. The van der Waals surface area contributed by atoms with Gasteiger partial charge in [0.05, 0.1) is 5.69 Å². The molecule has 1 aliphatic heterocycles. The van der Waals surface area contributed by atoms with Gasteiger partial charge in [-0.05, 0) is 24.1 Å². The zero-order valence-electron chi connectivity index (χ0n) is 11.0. The molecule has 1 aromatic carbocycles. The minimum atomic E-state index is -0.146. The Bertz CT molecular complexity index is 502. The number of hydrogen-bond acceptors (Lipinski definition) is 3. The highest BCUT2D eigenvalue weighted by Gasteiger charge is 2.16. The highest BCUT2D eigenvalue weighted by molar-refractivity contribution is 5.95. The number of rotatable bonds is 3. The Morgan fingerprint density at radius 2 is 2.32 bits per heavy atom. The molecule has 0 atom stereocenters. The first-order valence-corrected chi connectivity index (χ1v) is 6.08. The molecular weight excluding hydrogens is 246 g/mol. The largest absolute Gasteiger partial charge is 0.482 e. The van der Waals surface area contributed by atoms with Crippen LogP contribution in [0, 0.1) is 0 Å². The van der Waals surface area contributed by atoms with Crippen molar-refractivity contribution >= 4 is 17.6 Å². The molecule has 1 aromatic rings. The van der Waals surface area contributed by atoms with E-state index in [1.54, 1.807) is 19.0 Å². The predicted molar refractivity (Wildman–Crippen MR) is 71.4 cm³/mol. The van der Waals surface area contributed by atoms with Gasteiger partial charge in [0.2, 0.25) is 0 Å². The van der Waals surface area contributed by atoms with Crippen LogP contribution in [0.4, 0.5) is 10.5 Å². The van der Waals surface area contributed by atoms with Crippen LogP contribution in [0.25, 0.3) is 0 Å². The molecule has 0 saturated heterocycles. The molecular formula is C13H17N3O3. The van der Waals surface area contributed by atoms with Gasteiger partial charge < -0.3 is 20.3 Å². The number of nitrogens with zero attached hydrogens (tertiary/aromatic N) is 1. The van der Waals surface area contributed by atoms with Crippen molar-refractivity contribution in [3.63, 3.8) is 0 Å². The Morgan fingerprint density at radius 3 is 3.05 bits per heavy atom. The molecule has 19 heavy (non-hydrogen) atoms. The summed E-state index contributed by atoms with van der Waals surface area (Å²) in [5, 5.41) is 5.33. The lowest BCUT2D eigenvalue weighted by atomic mass is 10.1. The molecule has 6 nitrogen and oxygen atoms in total. The van der Waals surface area contributed by atoms with Crippen LogP contribution in [0.3, 0.4) is 0 Å². The van der Waals surface area contributed by atoms with Gasteiger partial charge in [-0.2, -0.15) is 0 Å². The highest BCUT2D eigenvalue weighted by Crippen LogP contribution is 2.28. The SMILES string of the molecule is CNC(=O)N(C)CCc1ccc2c(c1)NC(=O)CO2. The van der Waals surface area contributed by atoms with Crippen molar-refractivity contribution in [2.24, 2.45) is 0 Å². The minimum Gasteiger partial charge on any atom is -0.482 e. The van der Waals surface area contributed by atoms with E-state index in [9.17, 15) is 9.59 Å². The number of nitrogens with one attached hydrogen (secondary N) is 2. The van der Waals surface area contributed by atoms with Crippen LogP contribution in [-0.4, -0.2) is 44.1 Å². The van der Waals surface area contributed by atoms with Crippen molar-refractivity contribution in [2.75, 3.05) is 32.6 Å². The van der Waals surface area contributed by atoms with Gasteiger partial charge in [0, 0.05) is 20.6 Å². The van der Waals surface area contributed by atoms with E-state index in [1.807, 2.05) is 18.2 Å². The van der Waals surface area contributed by atoms with Crippen molar-refractivity contribution < 1.29 is 14.3 Å². The molecule has 2 N–H and O–H groups in total. The number of ether oxygens (including phenoxy) is 1. The monoisotopic (exact) mass is 263 g/mol. The Labute approximate surface area is 111 Å². The summed E-state index contributed by atoms with van der Waals surface area (Å²) in [5.74, 6) is 0.537. The molecule has 0 saturated carbocycles. The van der Waals surface area contributed by atoms with E-state index in [0.717, 1.165) is 5.56 Å². The van der Waals surface area contributed by atoms with Crippen LogP contribution in [0.2, 0.25) is 0 Å². The van der Waals surface area contributed by atoms with Gasteiger partial charge in [-0.25, -0.2) is 4.79 Å². The van der Waals surface area contributed by atoms with Crippen molar-refractivity contribution in [1.29, 1.82) is 0 Å². The van der Waals surface area contributed by atoms with Crippen LogP contribution >= 0.6 is 0 Å². The average molecular weight is 263 g/mol. The predicted octanol–water partition coefficient (Wildman–Crippen LogP) is 0.831.